The van der Waals surface area contributed by atoms with Crippen LogP contribution in [0.3, 0.4) is 0 Å². The molecule has 0 saturated heterocycles. The highest BCUT2D eigenvalue weighted by molar-refractivity contribution is 5.95. The molecule has 0 saturated carbocycles. The molecule has 0 aromatic carbocycles. The van der Waals surface area contributed by atoms with E-state index in [1.54, 1.807) is 13.8 Å². The van der Waals surface area contributed by atoms with E-state index in [2.05, 4.69) is 16.0 Å². The number of nitrogens with two attached hydrogens (primary N) is 4. The summed E-state index contributed by atoms with van der Waals surface area (Å²) in [6.45, 7) is 3.32. The summed E-state index contributed by atoms with van der Waals surface area (Å²) in [6, 6.07) is -5.61. The van der Waals surface area contributed by atoms with Crippen molar-refractivity contribution >= 4 is 41.4 Å². The largest absolute Gasteiger partial charge is 0.480 e. The van der Waals surface area contributed by atoms with Gasteiger partial charge in [-0.1, -0.05) is 20.3 Å². The van der Waals surface area contributed by atoms with E-state index in [1.807, 2.05) is 0 Å². The molecular formula is C19H33N7O8. The SMILES string of the molecule is CCC(C)C(NC(=O)C(CCC(N)=O)NC(=O)C(N)CC(N)=O)C(=O)NC(CC(N)=O)C(=O)O. The van der Waals surface area contributed by atoms with Crippen molar-refractivity contribution in [3.05, 3.63) is 0 Å². The van der Waals surface area contributed by atoms with Crippen LogP contribution in [0, 0.1) is 5.92 Å². The zero-order valence-corrected chi connectivity index (χ0v) is 19.0. The number of primary amides is 3. The van der Waals surface area contributed by atoms with Crippen molar-refractivity contribution in [1.29, 1.82) is 0 Å². The first-order valence-corrected chi connectivity index (χ1v) is 10.4. The zero-order chi connectivity index (χ0) is 26.6. The lowest BCUT2D eigenvalue weighted by Gasteiger charge is -2.28. The van der Waals surface area contributed by atoms with Crippen molar-refractivity contribution in [3.8, 4) is 0 Å². The number of hydrogen-bond donors (Lipinski definition) is 8. The van der Waals surface area contributed by atoms with Gasteiger partial charge < -0.3 is 44.0 Å². The third-order valence-electron chi connectivity index (χ3n) is 4.88. The van der Waals surface area contributed by atoms with Gasteiger partial charge in [0.05, 0.1) is 18.9 Å². The van der Waals surface area contributed by atoms with Gasteiger partial charge >= 0.3 is 5.97 Å². The highest BCUT2D eigenvalue weighted by Crippen LogP contribution is 2.10. The molecule has 15 heteroatoms. The third kappa shape index (κ3) is 11.2. The normalized spacial score (nSPS) is 15.0. The van der Waals surface area contributed by atoms with Crippen LogP contribution >= 0.6 is 0 Å². The Morgan fingerprint density at radius 2 is 1.29 bits per heavy atom. The lowest BCUT2D eigenvalue weighted by Crippen LogP contribution is -2.59. The molecule has 0 aliphatic heterocycles. The molecule has 192 valence electrons. The second kappa shape index (κ2) is 14.4. The van der Waals surface area contributed by atoms with Gasteiger partial charge in [0.15, 0.2) is 0 Å². The maximum absolute atomic E-state index is 12.9. The highest BCUT2D eigenvalue weighted by atomic mass is 16.4. The molecule has 0 fully saturated rings. The predicted molar refractivity (Wildman–Crippen MR) is 117 cm³/mol. The first-order valence-electron chi connectivity index (χ1n) is 10.4. The topological polar surface area (TPSA) is 280 Å². The fraction of sp³-hybridized carbons (Fsp3) is 0.632. The number of rotatable bonds is 16. The van der Waals surface area contributed by atoms with Gasteiger partial charge in [0, 0.05) is 6.42 Å². The Hall–Kier alpha value is -3.75. The van der Waals surface area contributed by atoms with E-state index in [0.29, 0.717) is 6.42 Å². The van der Waals surface area contributed by atoms with Crippen LogP contribution in [0.25, 0.3) is 0 Å². The minimum absolute atomic E-state index is 0.246. The molecule has 0 aromatic rings. The van der Waals surface area contributed by atoms with Gasteiger partial charge in [-0.15, -0.1) is 0 Å². The first-order chi connectivity index (χ1) is 15.7. The molecule has 0 rings (SSSR count). The van der Waals surface area contributed by atoms with Gasteiger partial charge in [-0.3, -0.25) is 28.8 Å². The molecule has 5 atom stereocenters. The Balaban J connectivity index is 5.65. The highest BCUT2D eigenvalue weighted by Gasteiger charge is 2.33. The minimum atomic E-state index is -1.62. The number of carbonyl (C=O) groups is 7. The molecule has 0 bridgehead atoms. The summed E-state index contributed by atoms with van der Waals surface area (Å²) in [4.78, 5) is 82.5. The molecule has 0 radical (unpaired) electrons. The maximum atomic E-state index is 12.9. The number of carboxylic acids is 1. The van der Waals surface area contributed by atoms with E-state index in [1.165, 1.54) is 0 Å². The molecule has 0 spiro atoms. The Labute approximate surface area is 195 Å². The van der Waals surface area contributed by atoms with Crippen LogP contribution in [0.1, 0.15) is 46.0 Å². The second-order valence-corrected chi connectivity index (χ2v) is 7.78. The molecule has 0 aliphatic rings. The Bertz CT molecular complexity index is 804. The summed E-state index contributed by atoms with van der Waals surface area (Å²) < 4.78 is 0. The van der Waals surface area contributed by atoms with E-state index >= 15 is 0 Å². The van der Waals surface area contributed by atoms with Gasteiger partial charge in [0.1, 0.15) is 18.1 Å². The standard InChI is InChI=1S/C19H33N7O8/c1-3-8(2)15(18(32)25-11(19(33)34)7-14(23)29)26-17(31)10(4-5-12(21)27)24-16(30)9(20)6-13(22)28/h8-11,15H,3-7,20H2,1-2H3,(H2,21,27)(H2,22,28)(H2,23,29)(H,24,30)(H,25,32)(H,26,31)(H,33,34). The zero-order valence-electron chi connectivity index (χ0n) is 19.0. The molecule has 0 aliphatic carbocycles. The smallest absolute Gasteiger partial charge is 0.326 e. The fourth-order valence-electron chi connectivity index (χ4n) is 2.76. The number of nitrogens with one attached hydrogen (secondary N) is 3. The van der Waals surface area contributed by atoms with Gasteiger partial charge in [0.2, 0.25) is 35.4 Å². The van der Waals surface area contributed by atoms with Crippen molar-refractivity contribution in [1.82, 2.24) is 16.0 Å². The fourth-order valence-corrected chi connectivity index (χ4v) is 2.76. The van der Waals surface area contributed by atoms with Crippen molar-refractivity contribution in [2.45, 2.75) is 70.1 Å². The minimum Gasteiger partial charge on any atom is -0.480 e. The number of amides is 6. The van der Waals surface area contributed by atoms with Crippen LogP contribution < -0.4 is 38.9 Å². The summed E-state index contributed by atoms with van der Waals surface area (Å²) >= 11 is 0. The second-order valence-electron chi connectivity index (χ2n) is 7.78. The average Bonchev–Trinajstić information content (AvgIpc) is 2.72. The molecule has 15 nitrogen and oxygen atoms in total. The number of carboxylic acid groups (broad SMARTS) is 1. The summed E-state index contributed by atoms with van der Waals surface area (Å²) in [5.41, 5.74) is 20.7. The predicted octanol–water partition coefficient (Wildman–Crippen LogP) is -4.08. The summed E-state index contributed by atoms with van der Waals surface area (Å²) in [6.07, 6.45) is -1.33. The summed E-state index contributed by atoms with van der Waals surface area (Å²) in [5, 5.41) is 16.1. The first kappa shape index (κ1) is 30.2. The Kier molecular flexibility index (Phi) is 12.8. The molecular weight excluding hydrogens is 454 g/mol. The van der Waals surface area contributed by atoms with Crippen molar-refractivity contribution in [2.75, 3.05) is 0 Å². The van der Waals surface area contributed by atoms with Crippen molar-refractivity contribution in [3.63, 3.8) is 0 Å². The summed E-state index contributed by atoms with van der Waals surface area (Å²) in [7, 11) is 0. The lowest BCUT2D eigenvalue weighted by molar-refractivity contribution is -0.144. The molecule has 0 aromatic heterocycles. The van der Waals surface area contributed by atoms with Gasteiger partial charge in [0.25, 0.3) is 0 Å². The van der Waals surface area contributed by atoms with Crippen LogP contribution in [-0.4, -0.2) is 70.7 Å². The maximum Gasteiger partial charge on any atom is 0.326 e. The van der Waals surface area contributed by atoms with Crippen LogP contribution in [0.2, 0.25) is 0 Å². The number of aliphatic carboxylic acids is 1. The third-order valence-corrected chi connectivity index (χ3v) is 4.88. The van der Waals surface area contributed by atoms with Crippen LogP contribution in [0.4, 0.5) is 0 Å². The molecule has 12 N–H and O–H groups in total. The molecule has 6 amide bonds. The quantitative estimate of drug-likeness (QED) is 0.105. The van der Waals surface area contributed by atoms with E-state index in [9.17, 15) is 38.7 Å². The van der Waals surface area contributed by atoms with Gasteiger partial charge in [-0.2, -0.15) is 0 Å². The van der Waals surface area contributed by atoms with Crippen LogP contribution in [0.5, 0.6) is 0 Å². The monoisotopic (exact) mass is 487 g/mol. The van der Waals surface area contributed by atoms with Gasteiger partial charge in [-0.25, -0.2) is 4.79 Å². The number of hydrogen-bond acceptors (Lipinski definition) is 8. The Morgan fingerprint density at radius 1 is 0.765 bits per heavy atom. The van der Waals surface area contributed by atoms with Gasteiger partial charge in [-0.05, 0) is 12.3 Å². The number of carbonyl (C=O) groups excluding carboxylic acids is 6. The van der Waals surface area contributed by atoms with E-state index in [4.69, 9.17) is 22.9 Å². The molecule has 0 heterocycles. The van der Waals surface area contributed by atoms with Crippen LogP contribution in [-0.2, 0) is 33.6 Å². The Morgan fingerprint density at radius 3 is 1.74 bits per heavy atom. The lowest BCUT2D eigenvalue weighted by atomic mass is 9.97. The average molecular weight is 488 g/mol. The summed E-state index contributed by atoms with van der Waals surface area (Å²) in [5.74, 6) is -7.27. The van der Waals surface area contributed by atoms with Crippen LogP contribution in [0.15, 0.2) is 0 Å². The van der Waals surface area contributed by atoms with E-state index < -0.39 is 84.3 Å². The van der Waals surface area contributed by atoms with E-state index in [0.717, 1.165) is 0 Å². The molecule has 34 heavy (non-hydrogen) atoms. The molecule has 5 unspecified atom stereocenters. The van der Waals surface area contributed by atoms with Crippen molar-refractivity contribution in [2.24, 2.45) is 28.9 Å². The van der Waals surface area contributed by atoms with E-state index in [-0.39, 0.29) is 12.8 Å². The van der Waals surface area contributed by atoms with Crippen molar-refractivity contribution < 1.29 is 38.7 Å².